The van der Waals surface area contributed by atoms with Crippen molar-refractivity contribution in [2.75, 3.05) is 6.54 Å². The van der Waals surface area contributed by atoms with Crippen LogP contribution in [0, 0.1) is 0 Å². The summed E-state index contributed by atoms with van der Waals surface area (Å²) in [5.41, 5.74) is 6.21. The van der Waals surface area contributed by atoms with E-state index < -0.39 is 0 Å². The molecule has 4 rings (SSSR count). The van der Waals surface area contributed by atoms with Gasteiger partial charge in [-0.05, 0) is 11.6 Å². The average Bonchev–Trinajstić information content (AvgIpc) is 2.99. The van der Waals surface area contributed by atoms with Gasteiger partial charge in [0.15, 0.2) is 0 Å². The Morgan fingerprint density at radius 2 is 1.83 bits per heavy atom. The normalized spacial score (nSPS) is 14.7. The maximum Gasteiger partial charge on any atom is 0.0979 e. The van der Waals surface area contributed by atoms with Gasteiger partial charge in [0.2, 0.25) is 0 Å². The third-order valence-electron chi connectivity index (χ3n) is 4.39. The maximum absolute atomic E-state index is 4.59. The Bertz CT molecular complexity index is 810. The third-order valence-corrected chi connectivity index (χ3v) is 5.08. The van der Waals surface area contributed by atoms with Crippen molar-refractivity contribution >= 4 is 15.9 Å². The molecule has 0 amide bonds. The molecule has 0 spiro atoms. The number of nitrogens with one attached hydrogen (secondary N) is 1. The van der Waals surface area contributed by atoms with E-state index in [0.29, 0.717) is 0 Å². The Labute approximate surface area is 144 Å². The fourth-order valence-electron chi connectivity index (χ4n) is 3.20. The standard InChI is InChI=1S/C19H18BrN3/c20-17-9-5-4-8-15(17)19-16-13-23(11-10-18(16)21-22-19)12-14-6-2-1-3-7-14/h1-9H,10-13H2,(H,21,22). The van der Waals surface area contributed by atoms with Crippen LogP contribution in [-0.2, 0) is 19.5 Å². The van der Waals surface area contributed by atoms with E-state index in [1.54, 1.807) is 0 Å². The van der Waals surface area contributed by atoms with E-state index in [1.807, 2.05) is 6.07 Å². The fourth-order valence-corrected chi connectivity index (χ4v) is 3.68. The van der Waals surface area contributed by atoms with Crippen molar-refractivity contribution in [2.24, 2.45) is 0 Å². The first-order valence-corrected chi connectivity index (χ1v) is 8.68. The van der Waals surface area contributed by atoms with E-state index >= 15 is 0 Å². The van der Waals surface area contributed by atoms with Crippen LogP contribution in [-0.4, -0.2) is 21.6 Å². The van der Waals surface area contributed by atoms with Crippen LogP contribution in [0.1, 0.15) is 16.8 Å². The second kappa shape index (κ2) is 6.30. The number of rotatable bonds is 3. The largest absolute Gasteiger partial charge is 0.294 e. The Morgan fingerprint density at radius 1 is 1.04 bits per heavy atom. The molecule has 116 valence electrons. The zero-order chi connectivity index (χ0) is 15.6. The number of aromatic amines is 1. The number of H-pyrrole nitrogens is 1. The zero-order valence-corrected chi connectivity index (χ0v) is 14.4. The highest BCUT2D eigenvalue weighted by Gasteiger charge is 2.23. The minimum Gasteiger partial charge on any atom is -0.294 e. The van der Waals surface area contributed by atoms with E-state index in [-0.39, 0.29) is 0 Å². The van der Waals surface area contributed by atoms with Crippen LogP contribution in [0.3, 0.4) is 0 Å². The second-order valence-electron chi connectivity index (χ2n) is 5.96. The smallest absolute Gasteiger partial charge is 0.0979 e. The number of fused-ring (bicyclic) bond motifs is 1. The topological polar surface area (TPSA) is 31.9 Å². The monoisotopic (exact) mass is 367 g/mol. The van der Waals surface area contributed by atoms with Gasteiger partial charge in [0.25, 0.3) is 0 Å². The molecule has 1 aromatic heterocycles. The van der Waals surface area contributed by atoms with Crippen molar-refractivity contribution < 1.29 is 0 Å². The molecule has 2 aromatic carbocycles. The van der Waals surface area contributed by atoms with Crippen molar-refractivity contribution in [1.29, 1.82) is 0 Å². The fraction of sp³-hybridized carbons (Fsp3) is 0.211. The summed E-state index contributed by atoms with van der Waals surface area (Å²) in [6.07, 6.45) is 1.03. The maximum atomic E-state index is 4.59. The lowest BCUT2D eigenvalue weighted by Gasteiger charge is -2.27. The van der Waals surface area contributed by atoms with Crippen molar-refractivity contribution in [3.05, 3.63) is 75.9 Å². The average molecular weight is 368 g/mol. The van der Waals surface area contributed by atoms with Crippen molar-refractivity contribution in [2.45, 2.75) is 19.5 Å². The molecule has 4 heteroatoms. The van der Waals surface area contributed by atoms with Gasteiger partial charge in [0.1, 0.15) is 0 Å². The van der Waals surface area contributed by atoms with Crippen molar-refractivity contribution in [3.63, 3.8) is 0 Å². The summed E-state index contributed by atoms with van der Waals surface area (Å²) < 4.78 is 1.09. The van der Waals surface area contributed by atoms with Gasteiger partial charge in [-0.15, -0.1) is 0 Å². The summed E-state index contributed by atoms with van der Waals surface area (Å²) in [5.74, 6) is 0. The SMILES string of the molecule is Brc1ccccc1-c1n[nH]c2c1CN(Cc1ccccc1)CC2. The molecule has 0 fully saturated rings. The second-order valence-corrected chi connectivity index (χ2v) is 6.81. The summed E-state index contributed by atoms with van der Waals surface area (Å²) in [7, 11) is 0. The number of benzene rings is 2. The highest BCUT2D eigenvalue weighted by Crippen LogP contribution is 2.33. The van der Waals surface area contributed by atoms with E-state index in [2.05, 4.69) is 79.6 Å². The Morgan fingerprint density at radius 3 is 2.65 bits per heavy atom. The number of halogens is 1. The van der Waals surface area contributed by atoms with Gasteiger partial charge in [0, 0.05) is 47.3 Å². The van der Waals surface area contributed by atoms with Gasteiger partial charge < -0.3 is 0 Å². The molecule has 1 aliphatic rings. The van der Waals surface area contributed by atoms with E-state index in [9.17, 15) is 0 Å². The molecule has 0 aliphatic carbocycles. The Balaban J connectivity index is 1.62. The molecule has 0 bridgehead atoms. The lowest BCUT2D eigenvalue weighted by molar-refractivity contribution is 0.245. The molecule has 2 heterocycles. The molecule has 1 aliphatic heterocycles. The van der Waals surface area contributed by atoms with Crippen molar-refractivity contribution in [1.82, 2.24) is 15.1 Å². The van der Waals surface area contributed by atoms with Gasteiger partial charge in [-0.25, -0.2) is 0 Å². The molecule has 1 N–H and O–H groups in total. The molecule has 0 saturated carbocycles. The van der Waals surface area contributed by atoms with Crippen LogP contribution in [0.5, 0.6) is 0 Å². The predicted molar refractivity (Wildman–Crippen MR) is 96.0 cm³/mol. The first-order chi connectivity index (χ1) is 11.3. The van der Waals surface area contributed by atoms with Crippen LogP contribution in [0.15, 0.2) is 59.1 Å². The first kappa shape index (κ1) is 14.7. The van der Waals surface area contributed by atoms with Crippen molar-refractivity contribution in [3.8, 4) is 11.3 Å². The molecule has 3 aromatic rings. The molecule has 0 radical (unpaired) electrons. The van der Waals surface area contributed by atoms with Gasteiger partial charge in [-0.2, -0.15) is 5.10 Å². The third kappa shape index (κ3) is 2.96. The molecule has 0 saturated heterocycles. The van der Waals surface area contributed by atoms with Crippen LogP contribution in [0.25, 0.3) is 11.3 Å². The number of hydrogen-bond donors (Lipinski definition) is 1. The molecule has 0 unspecified atom stereocenters. The van der Waals surface area contributed by atoms with Gasteiger partial charge >= 0.3 is 0 Å². The highest BCUT2D eigenvalue weighted by molar-refractivity contribution is 9.10. The first-order valence-electron chi connectivity index (χ1n) is 7.88. The summed E-state index contributed by atoms with van der Waals surface area (Å²) in [6, 6.07) is 19.0. The van der Waals surface area contributed by atoms with Crippen LogP contribution in [0.4, 0.5) is 0 Å². The molecular weight excluding hydrogens is 350 g/mol. The highest BCUT2D eigenvalue weighted by atomic mass is 79.9. The quantitative estimate of drug-likeness (QED) is 0.743. The Kier molecular flexibility index (Phi) is 4.02. The zero-order valence-electron chi connectivity index (χ0n) is 12.8. The lowest BCUT2D eigenvalue weighted by atomic mass is 10.0. The number of aromatic nitrogens is 2. The summed E-state index contributed by atoms with van der Waals surface area (Å²) in [5, 5.41) is 7.83. The summed E-state index contributed by atoms with van der Waals surface area (Å²) >= 11 is 3.65. The minimum atomic E-state index is 0.942. The molecule has 23 heavy (non-hydrogen) atoms. The molecular formula is C19H18BrN3. The summed E-state index contributed by atoms with van der Waals surface area (Å²) in [6.45, 7) is 3.00. The number of nitrogens with zero attached hydrogens (tertiary/aromatic N) is 2. The molecule has 0 atom stereocenters. The van der Waals surface area contributed by atoms with Crippen LogP contribution >= 0.6 is 15.9 Å². The van der Waals surface area contributed by atoms with E-state index in [0.717, 1.165) is 41.8 Å². The van der Waals surface area contributed by atoms with E-state index in [1.165, 1.54) is 16.8 Å². The lowest BCUT2D eigenvalue weighted by Crippen LogP contribution is -2.29. The minimum absolute atomic E-state index is 0.942. The van der Waals surface area contributed by atoms with Crippen LogP contribution < -0.4 is 0 Å². The number of hydrogen-bond acceptors (Lipinski definition) is 2. The van der Waals surface area contributed by atoms with Crippen LogP contribution in [0.2, 0.25) is 0 Å². The predicted octanol–water partition coefficient (Wildman–Crippen LogP) is 4.40. The van der Waals surface area contributed by atoms with E-state index in [4.69, 9.17) is 0 Å². The van der Waals surface area contributed by atoms with Gasteiger partial charge in [-0.3, -0.25) is 10.00 Å². The summed E-state index contributed by atoms with van der Waals surface area (Å²) in [4.78, 5) is 2.49. The Hall–Kier alpha value is -1.91. The van der Waals surface area contributed by atoms with Gasteiger partial charge in [-0.1, -0.05) is 64.5 Å². The molecule has 3 nitrogen and oxygen atoms in total. The van der Waals surface area contributed by atoms with Gasteiger partial charge in [0.05, 0.1) is 5.69 Å².